The summed E-state index contributed by atoms with van der Waals surface area (Å²) in [4.78, 5) is 22.4. The molecule has 0 spiro atoms. The summed E-state index contributed by atoms with van der Waals surface area (Å²) in [6.45, 7) is 0.110. The maximum atomic E-state index is 11.6. The molecule has 0 radical (unpaired) electrons. The molecule has 0 aromatic heterocycles. The van der Waals surface area contributed by atoms with Crippen molar-refractivity contribution < 1.29 is 19.4 Å². The van der Waals surface area contributed by atoms with Gasteiger partial charge in [-0.15, -0.1) is 0 Å². The molecule has 2 rings (SSSR count). The number of ether oxygens (including phenoxy) is 1. The monoisotopic (exact) mass is 255 g/mol. The van der Waals surface area contributed by atoms with Crippen LogP contribution < -0.4 is 5.32 Å². The lowest BCUT2D eigenvalue weighted by Gasteiger charge is -2.14. The Kier molecular flexibility index (Phi) is 4.58. The number of hydrogen-bond donors (Lipinski definition) is 2. The SMILES string of the molecule is O=C(COC1CCCC1)N[C@@H]1CC[C@H](C(=O)O)C1. The van der Waals surface area contributed by atoms with Crippen LogP contribution >= 0.6 is 0 Å². The number of aliphatic carboxylic acids is 1. The van der Waals surface area contributed by atoms with E-state index in [0.29, 0.717) is 12.8 Å². The molecule has 5 heteroatoms. The van der Waals surface area contributed by atoms with Gasteiger partial charge in [-0.25, -0.2) is 0 Å². The number of carbonyl (C=O) groups is 2. The smallest absolute Gasteiger partial charge is 0.306 e. The fourth-order valence-electron chi connectivity index (χ4n) is 2.85. The van der Waals surface area contributed by atoms with Crippen molar-refractivity contribution in [3.63, 3.8) is 0 Å². The van der Waals surface area contributed by atoms with Gasteiger partial charge in [0.15, 0.2) is 0 Å². The first-order valence-electron chi connectivity index (χ1n) is 6.79. The van der Waals surface area contributed by atoms with Crippen molar-refractivity contribution in [3.05, 3.63) is 0 Å². The van der Waals surface area contributed by atoms with Crippen molar-refractivity contribution in [2.45, 2.75) is 57.1 Å². The topological polar surface area (TPSA) is 75.6 Å². The van der Waals surface area contributed by atoms with E-state index in [1.165, 1.54) is 12.8 Å². The van der Waals surface area contributed by atoms with Crippen LogP contribution in [0.3, 0.4) is 0 Å². The average Bonchev–Trinajstić information content (AvgIpc) is 2.96. The summed E-state index contributed by atoms with van der Waals surface area (Å²) in [5, 5.41) is 11.7. The minimum Gasteiger partial charge on any atom is -0.481 e. The van der Waals surface area contributed by atoms with Gasteiger partial charge in [0.2, 0.25) is 5.91 Å². The van der Waals surface area contributed by atoms with Crippen LogP contribution in [0.4, 0.5) is 0 Å². The summed E-state index contributed by atoms with van der Waals surface area (Å²) in [5.74, 6) is -1.17. The molecule has 0 aromatic rings. The first-order valence-corrected chi connectivity index (χ1v) is 6.79. The number of rotatable bonds is 5. The van der Waals surface area contributed by atoms with Crippen LogP contribution in [0.15, 0.2) is 0 Å². The van der Waals surface area contributed by atoms with E-state index in [4.69, 9.17) is 9.84 Å². The fraction of sp³-hybridized carbons (Fsp3) is 0.846. The number of carboxylic acid groups (broad SMARTS) is 1. The molecule has 18 heavy (non-hydrogen) atoms. The highest BCUT2D eigenvalue weighted by molar-refractivity contribution is 5.78. The molecule has 2 fully saturated rings. The Morgan fingerprint density at radius 1 is 1.17 bits per heavy atom. The predicted molar refractivity (Wildman–Crippen MR) is 65.1 cm³/mol. The third-order valence-electron chi connectivity index (χ3n) is 3.90. The number of carboxylic acids is 1. The van der Waals surface area contributed by atoms with Gasteiger partial charge in [0.1, 0.15) is 6.61 Å². The second kappa shape index (κ2) is 6.18. The van der Waals surface area contributed by atoms with Crippen LogP contribution in [0.25, 0.3) is 0 Å². The zero-order valence-electron chi connectivity index (χ0n) is 10.6. The van der Waals surface area contributed by atoms with Crippen LogP contribution in [0.2, 0.25) is 0 Å². The molecule has 0 aliphatic heterocycles. The molecule has 2 atom stereocenters. The lowest BCUT2D eigenvalue weighted by Crippen LogP contribution is -2.36. The van der Waals surface area contributed by atoms with Crippen LogP contribution in [-0.4, -0.2) is 35.7 Å². The molecule has 0 heterocycles. The van der Waals surface area contributed by atoms with Crippen LogP contribution in [0.1, 0.15) is 44.9 Å². The van der Waals surface area contributed by atoms with Gasteiger partial charge < -0.3 is 15.2 Å². The van der Waals surface area contributed by atoms with Crippen molar-refractivity contribution in [2.24, 2.45) is 5.92 Å². The molecule has 2 N–H and O–H groups in total. The Labute approximate surface area is 107 Å². The number of amides is 1. The van der Waals surface area contributed by atoms with Crippen molar-refractivity contribution in [1.29, 1.82) is 0 Å². The van der Waals surface area contributed by atoms with Gasteiger partial charge in [-0.2, -0.15) is 0 Å². The summed E-state index contributed by atoms with van der Waals surface area (Å²) in [6.07, 6.45) is 6.69. The van der Waals surface area contributed by atoms with E-state index in [1.54, 1.807) is 0 Å². The van der Waals surface area contributed by atoms with Crippen LogP contribution in [0.5, 0.6) is 0 Å². The first kappa shape index (κ1) is 13.3. The normalized spacial score (nSPS) is 28.4. The van der Waals surface area contributed by atoms with Gasteiger partial charge in [-0.1, -0.05) is 12.8 Å². The Bertz CT molecular complexity index is 312. The van der Waals surface area contributed by atoms with Crippen molar-refractivity contribution in [1.82, 2.24) is 5.32 Å². The molecule has 2 aliphatic rings. The Morgan fingerprint density at radius 2 is 1.89 bits per heavy atom. The molecule has 102 valence electrons. The summed E-state index contributed by atoms with van der Waals surface area (Å²) in [6, 6.07) is 0.00535. The quantitative estimate of drug-likeness (QED) is 0.776. The summed E-state index contributed by atoms with van der Waals surface area (Å²) in [5.41, 5.74) is 0. The predicted octanol–water partition coefficient (Wildman–Crippen LogP) is 1.32. The van der Waals surface area contributed by atoms with E-state index in [1.807, 2.05) is 0 Å². The van der Waals surface area contributed by atoms with E-state index in [9.17, 15) is 9.59 Å². The largest absolute Gasteiger partial charge is 0.481 e. The maximum Gasteiger partial charge on any atom is 0.306 e. The molecule has 5 nitrogen and oxygen atoms in total. The Morgan fingerprint density at radius 3 is 2.50 bits per heavy atom. The third-order valence-corrected chi connectivity index (χ3v) is 3.90. The molecule has 0 unspecified atom stereocenters. The third kappa shape index (κ3) is 3.70. The van der Waals surface area contributed by atoms with Gasteiger partial charge in [0.05, 0.1) is 12.0 Å². The Balaban J connectivity index is 1.63. The minimum atomic E-state index is -0.756. The zero-order valence-corrected chi connectivity index (χ0v) is 10.6. The van der Waals surface area contributed by atoms with E-state index < -0.39 is 5.97 Å². The van der Waals surface area contributed by atoms with Gasteiger partial charge in [-0.3, -0.25) is 9.59 Å². The molecular weight excluding hydrogens is 234 g/mol. The molecule has 2 saturated carbocycles. The standard InChI is InChI=1S/C13H21NO4/c15-12(8-18-11-3-1-2-4-11)14-10-6-5-9(7-10)13(16)17/h9-11H,1-8H2,(H,14,15)(H,16,17)/t9-,10+/m0/s1. The maximum absolute atomic E-state index is 11.6. The van der Waals surface area contributed by atoms with Crippen LogP contribution in [-0.2, 0) is 14.3 Å². The van der Waals surface area contributed by atoms with Crippen LogP contribution in [0, 0.1) is 5.92 Å². The number of carbonyl (C=O) groups excluding carboxylic acids is 1. The van der Waals surface area contributed by atoms with Crippen molar-refractivity contribution in [3.8, 4) is 0 Å². The first-order chi connectivity index (χ1) is 8.65. The highest BCUT2D eigenvalue weighted by atomic mass is 16.5. The van der Waals surface area contributed by atoms with Gasteiger partial charge in [-0.05, 0) is 32.1 Å². The summed E-state index contributed by atoms with van der Waals surface area (Å²) in [7, 11) is 0. The lowest BCUT2D eigenvalue weighted by molar-refractivity contribution is -0.141. The Hall–Kier alpha value is -1.10. The second-order valence-corrected chi connectivity index (χ2v) is 5.33. The van der Waals surface area contributed by atoms with Gasteiger partial charge in [0, 0.05) is 6.04 Å². The summed E-state index contributed by atoms with van der Waals surface area (Å²) >= 11 is 0. The molecule has 0 saturated heterocycles. The van der Waals surface area contributed by atoms with E-state index in [-0.39, 0.29) is 30.6 Å². The molecule has 2 aliphatic carbocycles. The van der Waals surface area contributed by atoms with E-state index in [0.717, 1.165) is 19.3 Å². The molecule has 1 amide bonds. The van der Waals surface area contributed by atoms with E-state index in [2.05, 4.69) is 5.32 Å². The zero-order chi connectivity index (χ0) is 13.0. The molecular formula is C13H21NO4. The van der Waals surface area contributed by atoms with Crippen molar-refractivity contribution in [2.75, 3.05) is 6.61 Å². The highest BCUT2D eigenvalue weighted by Crippen LogP contribution is 2.25. The minimum absolute atomic E-state index is 0.00535. The highest BCUT2D eigenvalue weighted by Gasteiger charge is 2.30. The second-order valence-electron chi connectivity index (χ2n) is 5.33. The van der Waals surface area contributed by atoms with E-state index >= 15 is 0 Å². The van der Waals surface area contributed by atoms with Gasteiger partial charge >= 0.3 is 5.97 Å². The molecule has 0 aromatic carbocycles. The number of hydrogen-bond acceptors (Lipinski definition) is 3. The van der Waals surface area contributed by atoms with Gasteiger partial charge in [0.25, 0.3) is 0 Å². The van der Waals surface area contributed by atoms with Crippen molar-refractivity contribution >= 4 is 11.9 Å². The molecule has 0 bridgehead atoms. The summed E-state index contributed by atoms with van der Waals surface area (Å²) < 4.78 is 5.52. The lowest BCUT2D eigenvalue weighted by atomic mass is 10.1. The average molecular weight is 255 g/mol. The number of nitrogens with one attached hydrogen (secondary N) is 1. The fourth-order valence-corrected chi connectivity index (χ4v) is 2.85.